The van der Waals surface area contributed by atoms with Crippen LogP contribution in [0.25, 0.3) is 0 Å². The van der Waals surface area contributed by atoms with E-state index in [2.05, 4.69) is 11.9 Å². The normalized spacial score (nSPS) is 15.7. The van der Waals surface area contributed by atoms with Gasteiger partial charge in [0, 0.05) is 13.2 Å². The van der Waals surface area contributed by atoms with E-state index in [0.29, 0.717) is 12.0 Å². The molecule has 0 aromatic heterocycles. The Balaban J connectivity index is 2.75. The number of aryl methyl sites for hydroxylation is 1. The highest BCUT2D eigenvalue weighted by molar-refractivity contribution is 7.91. The minimum atomic E-state index is -5.17. The monoisotopic (exact) mass is 661 g/mol. The SMILES string of the molecule is C=CCOC(=O)NS(=O)(=O)N(c1c(OCOCCOC)cc2c(c1F)C[C@H](NC(=O)OC(C)(C)C)CC2)C(C(=O)O)C(C)(C)C. The number of amides is 2. The second kappa shape index (κ2) is 15.6. The maximum absolute atomic E-state index is 16.8. The third-order valence-electron chi connectivity index (χ3n) is 6.37. The van der Waals surface area contributed by atoms with Crippen molar-refractivity contribution in [3.05, 3.63) is 35.7 Å². The summed E-state index contributed by atoms with van der Waals surface area (Å²) in [4.78, 5) is 37.5. The second-order valence-electron chi connectivity index (χ2n) is 12.3. The van der Waals surface area contributed by atoms with Crippen LogP contribution >= 0.6 is 0 Å². The number of nitrogens with one attached hydrogen (secondary N) is 2. The first-order chi connectivity index (χ1) is 20.8. The number of anilines is 1. The van der Waals surface area contributed by atoms with Crippen LogP contribution in [0.4, 0.5) is 19.7 Å². The van der Waals surface area contributed by atoms with Crippen LogP contribution in [0.5, 0.6) is 5.75 Å². The van der Waals surface area contributed by atoms with Crippen molar-refractivity contribution >= 4 is 34.1 Å². The topological polar surface area (TPSA) is 179 Å². The largest absolute Gasteiger partial charge is 0.480 e. The lowest BCUT2D eigenvalue weighted by Crippen LogP contribution is -2.57. The molecule has 1 aromatic rings. The van der Waals surface area contributed by atoms with E-state index in [9.17, 15) is 27.9 Å². The van der Waals surface area contributed by atoms with Gasteiger partial charge in [-0.1, -0.05) is 33.4 Å². The third-order valence-corrected chi connectivity index (χ3v) is 7.71. The zero-order chi connectivity index (χ0) is 34.2. The average molecular weight is 662 g/mol. The van der Waals surface area contributed by atoms with E-state index in [1.165, 1.54) is 40.0 Å². The van der Waals surface area contributed by atoms with Crippen LogP contribution in [-0.2, 0) is 46.8 Å². The maximum Gasteiger partial charge on any atom is 0.422 e. The first-order valence-corrected chi connectivity index (χ1v) is 15.6. The number of hydrogen-bond acceptors (Lipinski definition) is 10. The molecule has 0 fully saturated rings. The van der Waals surface area contributed by atoms with Crippen LogP contribution in [0.15, 0.2) is 18.7 Å². The van der Waals surface area contributed by atoms with E-state index in [-0.39, 0.29) is 48.3 Å². The van der Waals surface area contributed by atoms with E-state index in [1.54, 1.807) is 25.5 Å². The number of benzene rings is 1. The lowest BCUT2D eigenvalue weighted by molar-refractivity contribution is -0.140. The summed E-state index contributed by atoms with van der Waals surface area (Å²) in [6, 6.07) is -1.14. The summed E-state index contributed by atoms with van der Waals surface area (Å²) in [5.41, 5.74) is -2.42. The van der Waals surface area contributed by atoms with E-state index < -0.39 is 69.8 Å². The number of alkyl carbamates (subject to hydrolysis) is 1. The number of fused-ring (bicyclic) bond motifs is 1. The number of nitrogens with zero attached hydrogens (tertiary/aromatic N) is 1. The number of carbonyl (C=O) groups is 3. The average Bonchev–Trinajstić information content (AvgIpc) is 2.89. The van der Waals surface area contributed by atoms with Crippen LogP contribution in [0, 0.1) is 11.2 Å². The first kappa shape index (κ1) is 37.6. The van der Waals surface area contributed by atoms with Crippen LogP contribution in [0.3, 0.4) is 0 Å². The molecule has 45 heavy (non-hydrogen) atoms. The molecular weight excluding hydrogens is 617 g/mol. The van der Waals surface area contributed by atoms with E-state index in [1.807, 2.05) is 0 Å². The summed E-state index contributed by atoms with van der Waals surface area (Å²) in [7, 11) is -3.71. The molecule has 2 atom stereocenters. The second-order valence-corrected chi connectivity index (χ2v) is 13.9. The van der Waals surface area contributed by atoms with Crippen LogP contribution in [0.1, 0.15) is 59.1 Å². The summed E-state index contributed by atoms with van der Waals surface area (Å²) in [6.45, 7) is 12.3. The fraction of sp³-hybridized carbons (Fsp3) is 0.621. The van der Waals surface area contributed by atoms with Gasteiger partial charge in [-0.3, -0.25) is 0 Å². The maximum atomic E-state index is 16.8. The van der Waals surface area contributed by atoms with E-state index in [0.717, 1.165) is 0 Å². The van der Waals surface area contributed by atoms with Crippen molar-refractivity contribution in [1.82, 2.24) is 10.0 Å². The van der Waals surface area contributed by atoms with Gasteiger partial charge < -0.3 is 34.1 Å². The highest BCUT2D eigenvalue weighted by Gasteiger charge is 2.47. The van der Waals surface area contributed by atoms with Gasteiger partial charge in [-0.15, -0.1) is 0 Å². The van der Waals surface area contributed by atoms with Gasteiger partial charge in [0.05, 0.1) is 13.2 Å². The van der Waals surface area contributed by atoms with Gasteiger partial charge in [0.25, 0.3) is 0 Å². The Bertz CT molecular complexity index is 1340. The van der Waals surface area contributed by atoms with Crippen molar-refractivity contribution in [1.29, 1.82) is 0 Å². The molecule has 2 rings (SSSR count). The number of halogens is 1. The minimum absolute atomic E-state index is 0.0254. The van der Waals surface area contributed by atoms with Gasteiger partial charge in [0.15, 0.2) is 12.6 Å². The fourth-order valence-corrected chi connectivity index (χ4v) is 6.04. The summed E-state index contributed by atoms with van der Waals surface area (Å²) in [5.74, 6) is -3.09. The Morgan fingerprint density at radius 1 is 1.18 bits per heavy atom. The minimum Gasteiger partial charge on any atom is -0.480 e. The van der Waals surface area contributed by atoms with Gasteiger partial charge in [-0.25, -0.2) is 27.8 Å². The van der Waals surface area contributed by atoms with Crippen molar-refractivity contribution in [3.8, 4) is 5.75 Å². The van der Waals surface area contributed by atoms with Crippen LogP contribution in [-0.4, -0.2) is 83.1 Å². The number of carbonyl (C=O) groups excluding carboxylic acids is 2. The lowest BCUT2D eigenvalue weighted by Gasteiger charge is -2.38. The molecule has 0 spiro atoms. The molecule has 0 saturated carbocycles. The van der Waals surface area contributed by atoms with Crippen molar-refractivity contribution in [2.75, 3.05) is 38.0 Å². The van der Waals surface area contributed by atoms with Gasteiger partial charge in [-0.05, 0) is 62.6 Å². The molecular formula is C29H44FN3O11S. The molecule has 14 nitrogen and oxygen atoms in total. The Hall–Kier alpha value is -3.63. The molecule has 2 amide bonds. The van der Waals surface area contributed by atoms with E-state index in [4.69, 9.17) is 23.7 Å². The van der Waals surface area contributed by atoms with Crippen molar-refractivity contribution in [2.24, 2.45) is 5.41 Å². The van der Waals surface area contributed by atoms with Gasteiger partial charge in [0.2, 0.25) is 0 Å². The van der Waals surface area contributed by atoms with Gasteiger partial charge in [-0.2, -0.15) is 8.42 Å². The molecule has 254 valence electrons. The molecule has 0 bridgehead atoms. The zero-order valence-electron chi connectivity index (χ0n) is 26.7. The molecule has 0 radical (unpaired) electrons. The Kier molecular flexibility index (Phi) is 13.0. The van der Waals surface area contributed by atoms with Crippen molar-refractivity contribution in [3.63, 3.8) is 0 Å². The van der Waals surface area contributed by atoms with Crippen LogP contribution in [0.2, 0.25) is 0 Å². The number of methoxy groups -OCH3 is 1. The fourth-order valence-electron chi connectivity index (χ4n) is 4.58. The molecule has 1 aliphatic carbocycles. The molecule has 3 N–H and O–H groups in total. The molecule has 1 aromatic carbocycles. The molecule has 1 aliphatic rings. The Morgan fingerprint density at radius 3 is 2.40 bits per heavy atom. The third kappa shape index (κ3) is 10.7. The molecule has 0 heterocycles. The predicted octanol–water partition coefficient (Wildman–Crippen LogP) is 3.67. The number of ether oxygens (including phenoxy) is 5. The number of aliphatic carboxylic acids is 1. The summed E-state index contributed by atoms with van der Waals surface area (Å²) < 4.78 is 72.4. The summed E-state index contributed by atoms with van der Waals surface area (Å²) in [6.07, 6.45) is -0.381. The smallest absolute Gasteiger partial charge is 0.422 e. The van der Waals surface area contributed by atoms with Crippen molar-refractivity contribution in [2.45, 2.75) is 78.5 Å². The number of rotatable bonds is 14. The van der Waals surface area contributed by atoms with Gasteiger partial charge in [0.1, 0.15) is 29.7 Å². The first-order valence-electron chi connectivity index (χ1n) is 14.2. The number of hydrogen-bond donors (Lipinski definition) is 3. The highest BCUT2D eigenvalue weighted by Crippen LogP contribution is 2.43. The Morgan fingerprint density at radius 2 is 1.84 bits per heavy atom. The van der Waals surface area contributed by atoms with Crippen LogP contribution < -0.4 is 19.1 Å². The number of carboxylic acids is 1. The Labute approximate surface area is 263 Å². The van der Waals surface area contributed by atoms with Crippen molar-refractivity contribution < 1.29 is 56.0 Å². The van der Waals surface area contributed by atoms with Gasteiger partial charge >= 0.3 is 28.4 Å². The highest BCUT2D eigenvalue weighted by atomic mass is 32.2. The molecule has 16 heteroatoms. The number of carboxylic acid groups (broad SMARTS) is 1. The summed E-state index contributed by atoms with van der Waals surface area (Å²) >= 11 is 0. The molecule has 0 saturated heterocycles. The standard InChI is InChI=1S/C29H44FN3O11S/c1-9-12-42-27(37)32-45(38,39)33(24(25(34)35)28(2,3)4)23-21(43-17-41-14-13-40-8)15-18-10-11-19(16-20(18)22(23)30)31-26(36)44-29(5,6)7/h9,15,19,24H,1,10-14,16-17H2,2-8H3,(H,31,36)(H,32,37)(H,34,35)/t19-,24?/m1/s1. The lowest BCUT2D eigenvalue weighted by atomic mass is 9.85. The molecule has 1 unspecified atom stereocenters. The predicted molar refractivity (Wildman–Crippen MR) is 162 cm³/mol. The summed E-state index contributed by atoms with van der Waals surface area (Å²) in [5, 5.41) is 13.0. The quantitative estimate of drug-likeness (QED) is 0.150. The molecule has 0 aliphatic heterocycles. The zero-order valence-corrected chi connectivity index (χ0v) is 27.5. The van der Waals surface area contributed by atoms with E-state index >= 15 is 4.39 Å².